The van der Waals surface area contributed by atoms with E-state index in [4.69, 9.17) is 11.6 Å². The molecule has 0 fully saturated rings. The number of amides is 1. The van der Waals surface area contributed by atoms with E-state index in [9.17, 15) is 18.0 Å². The van der Waals surface area contributed by atoms with Gasteiger partial charge >= 0.3 is 6.18 Å². The highest BCUT2D eigenvalue weighted by molar-refractivity contribution is 7.17. The van der Waals surface area contributed by atoms with E-state index < -0.39 is 17.6 Å². The molecule has 1 aromatic carbocycles. The lowest BCUT2D eigenvalue weighted by molar-refractivity contribution is -0.136. The number of hydrogen-bond donors (Lipinski definition) is 1. The zero-order chi connectivity index (χ0) is 15.5. The minimum atomic E-state index is -4.52. The number of anilines is 1. The minimum absolute atomic E-state index is 0.274. The molecule has 2 rings (SSSR count). The Bertz CT molecular complexity index is 679. The molecular formula is C14H9ClF3NOS. The Morgan fingerprint density at radius 1 is 1.19 bits per heavy atom. The van der Waals surface area contributed by atoms with Crippen LogP contribution in [0, 0.1) is 0 Å². The molecule has 7 heteroatoms. The first-order valence-electron chi connectivity index (χ1n) is 5.77. The second-order valence-electron chi connectivity index (χ2n) is 4.01. The largest absolute Gasteiger partial charge is 0.418 e. The minimum Gasteiger partial charge on any atom is -0.322 e. The van der Waals surface area contributed by atoms with Crippen molar-refractivity contribution in [3.05, 3.63) is 57.3 Å². The van der Waals surface area contributed by atoms with Crippen molar-refractivity contribution in [2.45, 2.75) is 6.18 Å². The molecule has 2 nitrogen and oxygen atoms in total. The topological polar surface area (TPSA) is 29.1 Å². The zero-order valence-corrected chi connectivity index (χ0v) is 12.0. The second kappa shape index (κ2) is 6.32. The number of benzene rings is 1. The van der Waals surface area contributed by atoms with Gasteiger partial charge in [0.05, 0.1) is 15.6 Å². The van der Waals surface area contributed by atoms with Gasteiger partial charge in [-0.25, -0.2) is 0 Å². The van der Waals surface area contributed by atoms with Crippen LogP contribution < -0.4 is 5.32 Å². The number of para-hydroxylation sites is 1. The van der Waals surface area contributed by atoms with Crippen LogP contribution in [0.4, 0.5) is 18.9 Å². The van der Waals surface area contributed by atoms with E-state index >= 15 is 0 Å². The molecule has 0 aliphatic rings. The fourth-order valence-electron chi connectivity index (χ4n) is 1.59. The quantitative estimate of drug-likeness (QED) is 0.781. The SMILES string of the molecule is O=C(/C=C/c1ccc(Cl)s1)Nc1ccccc1C(F)(F)F. The molecule has 1 amide bonds. The number of nitrogens with one attached hydrogen (secondary N) is 1. The number of carbonyl (C=O) groups is 1. The van der Waals surface area contributed by atoms with Crippen LogP contribution in [0.3, 0.4) is 0 Å². The van der Waals surface area contributed by atoms with Gasteiger partial charge in [0.2, 0.25) is 5.91 Å². The standard InChI is InChI=1S/C14H9ClF3NOS/c15-12-7-5-9(21-12)6-8-13(20)19-11-4-2-1-3-10(11)14(16,17)18/h1-8H,(H,19,20)/b8-6+. The van der Waals surface area contributed by atoms with E-state index in [-0.39, 0.29) is 5.69 Å². The Morgan fingerprint density at radius 2 is 1.90 bits per heavy atom. The van der Waals surface area contributed by atoms with Crippen LogP contribution in [0.5, 0.6) is 0 Å². The zero-order valence-electron chi connectivity index (χ0n) is 10.4. The van der Waals surface area contributed by atoms with Crippen molar-refractivity contribution in [2.24, 2.45) is 0 Å². The maximum absolute atomic E-state index is 12.8. The van der Waals surface area contributed by atoms with E-state index in [1.54, 1.807) is 12.1 Å². The highest BCUT2D eigenvalue weighted by Crippen LogP contribution is 2.34. The van der Waals surface area contributed by atoms with Crippen molar-refractivity contribution in [1.82, 2.24) is 0 Å². The van der Waals surface area contributed by atoms with Gasteiger partial charge in [-0.05, 0) is 30.3 Å². The molecule has 0 saturated heterocycles. The smallest absolute Gasteiger partial charge is 0.322 e. The Hall–Kier alpha value is -1.79. The van der Waals surface area contributed by atoms with E-state index in [1.807, 2.05) is 0 Å². The van der Waals surface area contributed by atoms with Gasteiger partial charge in [-0.15, -0.1) is 11.3 Å². The molecule has 1 heterocycles. The van der Waals surface area contributed by atoms with E-state index in [2.05, 4.69) is 5.32 Å². The molecule has 2 aromatic rings. The van der Waals surface area contributed by atoms with Gasteiger partial charge in [-0.2, -0.15) is 13.2 Å². The summed E-state index contributed by atoms with van der Waals surface area (Å²) >= 11 is 7.00. The van der Waals surface area contributed by atoms with Gasteiger partial charge < -0.3 is 5.32 Å². The van der Waals surface area contributed by atoms with Gasteiger partial charge in [0.15, 0.2) is 0 Å². The lowest BCUT2D eigenvalue weighted by Gasteiger charge is -2.12. The van der Waals surface area contributed by atoms with Gasteiger partial charge in [-0.1, -0.05) is 23.7 Å². The third-order valence-electron chi connectivity index (χ3n) is 2.48. The molecule has 110 valence electrons. The highest BCUT2D eigenvalue weighted by atomic mass is 35.5. The first-order valence-corrected chi connectivity index (χ1v) is 6.96. The summed E-state index contributed by atoms with van der Waals surface area (Å²) in [6.45, 7) is 0. The maximum Gasteiger partial charge on any atom is 0.418 e. The van der Waals surface area contributed by atoms with Crippen LogP contribution in [0.2, 0.25) is 4.34 Å². The van der Waals surface area contributed by atoms with Gasteiger partial charge in [-0.3, -0.25) is 4.79 Å². The molecule has 0 aliphatic heterocycles. The highest BCUT2D eigenvalue weighted by Gasteiger charge is 2.33. The van der Waals surface area contributed by atoms with Crippen molar-refractivity contribution < 1.29 is 18.0 Å². The summed E-state index contributed by atoms with van der Waals surface area (Å²) in [4.78, 5) is 12.4. The molecule has 0 aliphatic carbocycles. The number of alkyl halides is 3. The number of halogens is 4. The molecule has 0 radical (unpaired) electrons. The second-order valence-corrected chi connectivity index (χ2v) is 5.75. The van der Waals surface area contributed by atoms with Crippen molar-refractivity contribution in [1.29, 1.82) is 0 Å². The maximum atomic E-state index is 12.8. The molecule has 0 unspecified atom stereocenters. The van der Waals surface area contributed by atoms with Gasteiger partial charge in [0.25, 0.3) is 0 Å². The summed E-state index contributed by atoms with van der Waals surface area (Å²) in [6.07, 6.45) is -1.87. The average Bonchev–Trinajstić information content (AvgIpc) is 2.82. The first-order chi connectivity index (χ1) is 9.86. The number of rotatable bonds is 3. The predicted molar refractivity (Wildman–Crippen MR) is 78.4 cm³/mol. The number of hydrogen-bond acceptors (Lipinski definition) is 2. The van der Waals surface area contributed by atoms with Crippen molar-refractivity contribution in [3.8, 4) is 0 Å². The molecule has 0 spiro atoms. The Balaban J connectivity index is 2.12. The lowest BCUT2D eigenvalue weighted by atomic mass is 10.1. The van der Waals surface area contributed by atoms with Crippen LogP contribution in [0.15, 0.2) is 42.5 Å². The molecule has 0 bridgehead atoms. The molecular weight excluding hydrogens is 323 g/mol. The van der Waals surface area contributed by atoms with Crippen LogP contribution in [-0.2, 0) is 11.0 Å². The number of thiophene rings is 1. The summed E-state index contributed by atoms with van der Waals surface area (Å²) in [7, 11) is 0. The summed E-state index contributed by atoms with van der Waals surface area (Å²) < 4.78 is 38.9. The Labute approximate surface area is 127 Å². The van der Waals surface area contributed by atoms with E-state index in [0.717, 1.165) is 17.0 Å². The van der Waals surface area contributed by atoms with E-state index in [1.165, 1.54) is 35.6 Å². The van der Waals surface area contributed by atoms with Crippen molar-refractivity contribution >= 4 is 40.6 Å². The number of carbonyl (C=O) groups excluding carboxylic acids is 1. The van der Waals surface area contributed by atoms with Gasteiger partial charge in [0, 0.05) is 11.0 Å². The normalized spacial score (nSPS) is 11.8. The van der Waals surface area contributed by atoms with Crippen molar-refractivity contribution in [3.63, 3.8) is 0 Å². The van der Waals surface area contributed by atoms with Crippen LogP contribution in [-0.4, -0.2) is 5.91 Å². The molecule has 0 saturated carbocycles. The Morgan fingerprint density at radius 3 is 2.52 bits per heavy atom. The fraction of sp³-hybridized carbons (Fsp3) is 0.0714. The summed E-state index contributed by atoms with van der Waals surface area (Å²) in [5, 5.41) is 2.22. The summed E-state index contributed by atoms with van der Waals surface area (Å²) in [5.41, 5.74) is -1.16. The lowest BCUT2D eigenvalue weighted by Crippen LogP contribution is -2.14. The third-order valence-corrected chi connectivity index (χ3v) is 3.68. The molecule has 1 aromatic heterocycles. The van der Waals surface area contributed by atoms with E-state index in [0.29, 0.717) is 4.34 Å². The first kappa shape index (κ1) is 15.6. The predicted octanol–water partition coefficient (Wildman–Crippen LogP) is 5.07. The van der Waals surface area contributed by atoms with Crippen LogP contribution in [0.25, 0.3) is 6.08 Å². The average molecular weight is 332 g/mol. The summed E-state index contributed by atoms with van der Waals surface area (Å²) in [6, 6.07) is 8.19. The fourth-order valence-corrected chi connectivity index (χ4v) is 2.55. The molecule has 1 N–H and O–H groups in total. The van der Waals surface area contributed by atoms with Crippen molar-refractivity contribution in [2.75, 3.05) is 5.32 Å². The molecule has 21 heavy (non-hydrogen) atoms. The third kappa shape index (κ3) is 4.34. The Kier molecular flexibility index (Phi) is 4.69. The molecule has 0 atom stereocenters. The summed E-state index contributed by atoms with van der Waals surface area (Å²) in [5.74, 6) is -0.642. The van der Waals surface area contributed by atoms with Crippen LogP contribution >= 0.6 is 22.9 Å². The van der Waals surface area contributed by atoms with Crippen LogP contribution in [0.1, 0.15) is 10.4 Å². The van der Waals surface area contributed by atoms with Gasteiger partial charge in [0.1, 0.15) is 0 Å². The monoisotopic (exact) mass is 331 g/mol.